The molecule has 3 aromatic heterocycles. The first-order chi connectivity index (χ1) is 29.8. The van der Waals surface area contributed by atoms with Gasteiger partial charge < -0.3 is 0 Å². The summed E-state index contributed by atoms with van der Waals surface area (Å²) < 4.78 is 4.50. The monoisotopic (exact) mass is 766 g/mol. The van der Waals surface area contributed by atoms with Crippen LogP contribution in [0.25, 0.3) is 111 Å². The van der Waals surface area contributed by atoms with Crippen molar-refractivity contribution in [2.45, 2.75) is 0 Å². The Morgan fingerprint density at radius 1 is 0.350 bits per heavy atom. The van der Waals surface area contributed by atoms with Gasteiger partial charge in [0, 0.05) is 38.5 Å². The summed E-state index contributed by atoms with van der Waals surface area (Å²) in [5, 5.41) is 6.90. The van der Waals surface area contributed by atoms with Crippen molar-refractivity contribution in [1.29, 1.82) is 0 Å². The van der Waals surface area contributed by atoms with Crippen LogP contribution >= 0.6 is 0 Å². The molecule has 0 N–H and O–H groups in total. The highest BCUT2D eigenvalue weighted by Crippen LogP contribution is 2.44. The second kappa shape index (κ2) is 13.7. The molecule has 12 aromatic rings. The highest BCUT2D eigenvalue weighted by Gasteiger charge is 2.23. The largest absolute Gasteiger partial charge is 0.292 e. The summed E-state index contributed by atoms with van der Waals surface area (Å²) in [6.45, 7) is 0. The molecular weight excluding hydrogens is 733 g/mol. The second-order valence-corrected chi connectivity index (χ2v) is 15.1. The van der Waals surface area contributed by atoms with Crippen molar-refractivity contribution in [3.63, 3.8) is 0 Å². The van der Waals surface area contributed by atoms with Crippen LogP contribution in [-0.4, -0.2) is 29.1 Å². The maximum Gasteiger partial charge on any atom is 0.238 e. The number of rotatable bonds is 6. The van der Waals surface area contributed by atoms with Crippen LogP contribution < -0.4 is 0 Å². The maximum absolute atomic E-state index is 5.26. The van der Waals surface area contributed by atoms with Crippen LogP contribution in [0.15, 0.2) is 206 Å². The summed E-state index contributed by atoms with van der Waals surface area (Å²) in [6, 6.07) is 72.1. The lowest BCUT2D eigenvalue weighted by Crippen LogP contribution is -2.06. The van der Waals surface area contributed by atoms with Gasteiger partial charge >= 0.3 is 0 Å². The van der Waals surface area contributed by atoms with Crippen LogP contribution in [0.2, 0.25) is 0 Å². The minimum Gasteiger partial charge on any atom is -0.292 e. The number of nitrogens with zero attached hydrogens (tertiary/aromatic N) is 6. The lowest BCUT2D eigenvalue weighted by Gasteiger charge is -2.14. The number of hydrogen-bond donors (Lipinski definition) is 0. The molecule has 0 amide bonds. The summed E-state index contributed by atoms with van der Waals surface area (Å²) >= 11 is 0. The Kier molecular flexibility index (Phi) is 7.74. The number of para-hydroxylation sites is 3. The van der Waals surface area contributed by atoms with E-state index >= 15 is 0 Å². The Balaban J connectivity index is 1.11. The van der Waals surface area contributed by atoms with E-state index in [9.17, 15) is 0 Å². The summed E-state index contributed by atoms with van der Waals surface area (Å²) in [5.41, 5.74) is 10.4. The molecule has 0 bridgehead atoms. The first-order valence-corrected chi connectivity index (χ1v) is 20.2. The molecule has 9 aromatic carbocycles. The molecule has 0 fully saturated rings. The van der Waals surface area contributed by atoms with E-state index in [0.717, 1.165) is 82.9 Å². The number of hydrogen-bond acceptors (Lipinski definition) is 4. The summed E-state index contributed by atoms with van der Waals surface area (Å²) in [7, 11) is 0. The third-order valence-electron chi connectivity index (χ3n) is 11.6. The van der Waals surface area contributed by atoms with Gasteiger partial charge in [0.15, 0.2) is 11.6 Å². The molecule has 6 heteroatoms. The minimum absolute atomic E-state index is 0.571. The average molecular weight is 767 g/mol. The van der Waals surface area contributed by atoms with E-state index in [2.05, 4.69) is 167 Å². The van der Waals surface area contributed by atoms with Crippen LogP contribution in [0.4, 0.5) is 0 Å². The Hall–Kier alpha value is -8.22. The van der Waals surface area contributed by atoms with E-state index in [4.69, 9.17) is 19.9 Å². The van der Waals surface area contributed by atoms with E-state index in [1.54, 1.807) is 0 Å². The quantitative estimate of drug-likeness (QED) is 0.169. The molecule has 0 saturated carbocycles. The fourth-order valence-corrected chi connectivity index (χ4v) is 8.84. The molecule has 0 spiro atoms. The van der Waals surface area contributed by atoms with Crippen molar-refractivity contribution in [2.24, 2.45) is 0 Å². The van der Waals surface area contributed by atoms with Crippen LogP contribution in [0.5, 0.6) is 0 Å². The second-order valence-electron chi connectivity index (χ2n) is 15.1. The first kappa shape index (κ1) is 33.9. The fourth-order valence-electron chi connectivity index (χ4n) is 8.84. The topological polar surface area (TPSA) is 61.4 Å². The normalized spacial score (nSPS) is 11.7. The smallest absolute Gasteiger partial charge is 0.238 e. The summed E-state index contributed by atoms with van der Waals surface area (Å²) in [5.74, 6) is 2.72. The van der Waals surface area contributed by atoms with Crippen LogP contribution in [0, 0.1) is 0 Å². The van der Waals surface area contributed by atoms with Gasteiger partial charge in [-0.3, -0.25) is 9.13 Å². The van der Waals surface area contributed by atoms with Crippen molar-refractivity contribution < 1.29 is 0 Å². The third kappa shape index (κ3) is 5.42. The lowest BCUT2D eigenvalue weighted by atomic mass is 9.94. The van der Waals surface area contributed by atoms with Gasteiger partial charge in [0.1, 0.15) is 5.82 Å². The zero-order chi connectivity index (χ0) is 39.6. The Morgan fingerprint density at radius 2 is 0.933 bits per heavy atom. The Labute approximate surface area is 345 Å². The zero-order valence-electron chi connectivity index (χ0n) is 32.3. The van der Waals surface area contributed by atoms with E-state index in [1.165, 1.54) is 10.8 Å². The molecule has 12 rings (SSSR count). The zero-order valence-corrected chi connectivity index (χ0v) is 32.3. The van der Waals surface area contributed by atoms with Crippen molar-refractivity contribution >= 4 is 54.4 Å². The van der Waals surface area contributed by atoms with E-state index < -0.39 is 0 Å². The summed E-state index contributed by atoms with van der Waals surface area (Å²) in [4.78, 5) is 20.7. The van der Waals surface area contributed by atoms with Crippen molar-refractivity contribution in [3.05, 3.63) is 206 Å². The van der Waals surface area contributed by atoms with Gasteiger partial charge in [-0.05, 0) is 63.7 Å². The molecule has 280 valence electrons. The van der Waals surface area contributed by atoms with Gasteiger partial charge in [-0.1, -0.05) is 170 Å². The molecule has 0 radical (unpaired) electrons. The molecule has 6 nitrogen and oxygen atoms in total. The van der Waals surface area contributed by atoms with Crippen molar-refractivity contribution in [3.8, 4) is 56.9 Å². The van der Waals surface area contributed by atoms with Crippen molar-refractivity contribution in [2.75, 3.05) is 0 Å². The lowest BCUT2D eigenvalue weighted by molar-refractivity contribution is 0.955. The third-order valence-corrected chi connectivity index (χ3v) is 11.6. The molecule has 0 atom stereocenters. The highest BCUT2D eigenvalue weighted by molar-refractivity contribution is 6.27. The van der Waals surface area contributed by atoms with Crippen molar-refractivity contribution in [1.82, 2.24) is 29.1 Å². The molecule has 0 saturated heterocycles. The highest BCUT2D eigenvalue weighted by atomic mass is 15.2. The Morgan fingerprint density at radius 3 is 1.65 bits per heavy atom. The average Bonchev–Trinajstić information content (AvgIpc) is 3.89. The molecule has 0 aliphatic rings. The van der Waals surface area contributed by atoms with Gasteiger partial charge in [-0.25, -0.2) is 9.97 Å². The van der Waals surface area contributed by atoms with Crippen LogP contribution in [-0.2, 0) is 0 Å². The van der Waals surface area contributed by atoms with Gasteiger partial charge in [-0.2, -0.15) is 9.97 Å². The fraction of sp³-hybridized carbons (Fsp3) is 0. The van der Waals surface area contributed by atoms with Gasteiger partial charge in [0.2, 0.25) is 5.95 Å². The number of aromatic nitrogens is 6. The predicted molar refractivity (Wildman–Crippen MR) is 246 cm³/mol. The Bertz CT molecular complexity index is 3520. The molecule has 0 unspecified atom stereocenters. The molecular formula is C54H34N6. The molecule has 0 aliphatic carbocycles. The summed E-state index contributed by atoms with van der Waals surface area (Å²) in [6.07, 6.45) is 0. The van der Waals surface area contributed by atoms with E-state index in [-0.39, 0.29) is 0 Å². The SMILES string of the molecule is c1ccc(-c2nc(-c3ccccc3)nc(-n3c4ccc5ccccc5c4c4cc(-c5ccc(-c6nc7ccccc7n6-c6ccccc6)cc5)c5ccccc5c43)n2)cc1. The number of benzene rings is 9. The number of fused-ring (bicyclic) bond motifs is 8. The van der Waals surface area contributed by atoms with E-state index in [0.29, 0.717) is 17.6 Å². The number of imidazole rings is 1. The predicted octanol–water partition coefficient (Wildman–Crippen LogP) is 13.3. The maximum atomic E-state index is 5.26. The first-order valence-electron chi connectivity index (χ1n) is 20.2. The molecule has 3 heterocycles. The van der Waals surface area contributed by atoms with Crippen LogP contribution in [0.1, 0.15) is 0 Å². The minimum atomic E-state index is 0.571. The van der Waals surface area contributed by atoms with Crippen LogP contribution in [0.3, 0.4) is 0 Å². The van der Waals surface area contributed by atoms with Gasteiger partial charge in [-0.15, -0.1) is 0 Å². The molecule has 60 heavy (non-hydrogen) atoms. The van der Waals surface area contributed by atoms with E-state index in [1.807, 2.05) is 48.5 Å². The standard InChI is InChI=1S/C54H34N6/c1-4-17-37(18-5-1)51-56-52(38-19-6-2-7-20-38)58-54(57-51)60-48-33-32-35-16-10-11-23-41(35)49(48)45-34-44(42-24-12-13-25-43(42)50(45)60)36-28-30-39(31-29-36)53-55-46-26-14-15-27-47(46)59(53)40-21-8-3-9-22-40/h1-34H. The van der Waals surface area contributed by atoms with Gasteiger partial charge in [0.25, 0.3) is 0 Å². The van der Waals surface area contributed by atoms with Gasteiger partial charge in [0.05, 0.1) is 22.1 Å². The molecule has 0 aliphatic heterocycles.